The van der Waals surface area contributed by atoms with Crippen LogP contribution in [0.25, 0.3) is 0 Å². The zero-order valence-corrected chi connectivity index (χ0v) is 11.4. The van der Waals surface area contributed by atoms with Crippen molar-refractivity contribution in [3.63, 3.8) is 0 Å². The Morgan fingerprint density at radius 3 is 2.78 bits per heavy atom. The van der Waals surface area contributed by atoms with Crippen molar-refractivity contribution in [3.05, 3.63) is 23.8 Å². The molecule has 1 atom stereocenters. The SMILES string of the molecule is CCOc1ccc(C(=O)NCCS(C)=O)cc1N. The fraction of sp³-hybridized carbons (Fsp3) is 0.417. The van der Waals surface area contributed by atoms with Crippen LogP contribution in [-0.2, 0) is 10.8 Å². The second kappa shape index (κ2) is 7.00. The highest BCUT2D eigenvalue weighted by molar-refractivity contribution is 7.84. The molecular formula is C12H18N2O3S. The summed E-state index contributed by atoms with van der Waals surface area (Å²) in [5, 5.41) is 2.68. The number of hydrogen-bond donors (Lipinski definition) is 2. The maximum Gasteiger partial charge on any atom is 0.251 e. The van der Waals surface area contributed by atoms with E-state index < -0.39 is 10.8 Å². The van der Waals surface area contributed by atoms with Gasteiger partial charge in [0, 0.05) is 34.9 Å². The van der Waals surface area contributed by atoms with Gasteiger partial charge in [0.25, 0.3) is 5.91 Å². The molecule has 0 spiro atoms. The quantitative estimate of drug-likeness (QED) is 0.748. The first kappa shape index (κ1) is 14.5. The third-order valence-corrected chi connectivity index (χ3v) is 3.03. The third-order valence-electron chi connectivity index (χ3n) is 2.25. The van der Waals surface area contributed by atoms with Crippen LogP contribution in [-0.4, -0.2) is 35.3 Å². The van der Waals surface area contributed by atoms with Gasteiger partial charge in [0.05, 0.1) is 12.3 Å². The molecule has 5 nitrogen and oxygen atoms in total. The van der Waals surface area contributed by atoms with Gasteiger partial charge in [-0.3, -0.25) is 9.00 Å². The van der Waals surface area contributed by atoms with E-state index >= 15 is 0 Å². The first-order valence-corrected chi connectivity index (χ1v) is 7.38. The highest BCUT2D eigenvalue weighted by atomic mass is 32.2. The summed E-state index contributed by atoms with van der Waals surface area (Å²) < 4.78 is 16.1. The van der Waals surface area contributed by atoms with E-state index in [9.17, 15) is 9.00 Å². The smallest absolute Gasteiger partial charge is 0.251 e. The number of hydrogen-bond acceptors (Lipinski definition) is 4. The molecular weight excluding hydrogens is 252 g/mol. The molecule has 3 N–H and O–H groups in total. The second-order valence-electron chi connectivity index (χ2n) is 3.72. The van der Waals surface area contributed by atoms with Crippen molar-refractivity contribution in [1.29, 1.82) is 0 Å². The van der Waals surface area contributed by atoms with Crippen molar-refractivity contribution in [2.75, 3.05) is 30.9 Å². The molecule has 1 aromatic carbocycles. The van der Waals surface area contributed by atoms with Crippen LogP contribution in [0.4, 0.5) is 5.69 Å². The van der Waals surface area contributed by atoms with Crippen LogP contribution >= 0.6 is 0 Å². The zero-order valence-electron chi connectivity index (χ0n) is 10.6. The average Bonchev–Trinajstić information content (AvgIpc) is 2.31. The van der Waals surface area contributed by atoms with Gasteiger partial charge < -0.3 is 15.8 Å². The maximum atomic E-state index is 11.7. The lowest BCUT2D eigenvalue weighted by molar-refractivity contribution is 0.0956. The minimum absolute atomic E-state index is 0.227. The Morgan fingerprint density at radius 2 is 2.22 bits per heavy atom. The Morgan fingerprint density at radius 1 is 1.50 bits per heavy atom. The number of ether oxygens (including phenoxy) is 1. The van der Waals surface area contributed by atoms with E-state index in [2.05, 4.69) is 5.32 Å². The Hall–Kier alpha value is -1.56. The summed E-state index contributed by atoms with van der Waals surface area (Å²) in [7, 11) is -0.909. The molecule has 0 saturated carbocycles. The van der Waals surface area contributed by atoms with Gasteiger partial charge in [0.1, 0.15) is 5.75 Å². The van der Waals surface area contributed by atoms with Gasteiger partial charge in [-0.15, -0.1) is 0 Å². The van der Waals surface area contributed by atoms with Crippen molar-refractivity contribution in [2.24, 2.45) is 0 Å². The zero-order chi connectivity index (χ0) is 13.5. The first-order valence-electron chi connectivity index (χ1n) is 5.65. The molecule has 0 bridgehead atoms. The summed E-state index contributed by atoms with van der Waals surface area (Å²) in [5.41, 5.74) is 6.67. The third kappa shape index (κ3) is 4.37. The molecule has 0 aliphatic heterocycles. The van der Waals surface area contributed by atoms with Gasteiger partial charge in [0.2, 0.25) is 0 Å². The lowest BCUT2D eigenvalue weighted by Crippen LogP contribution is -2.27. The van der Waals surface area contributed by atoms with E-state index in [1.54, 1.807) is 24.5 Å². The normalized spacial score (nSPS) is 11.9. The molecule has 0 fully saturated rings. The molecule has 100 valence electrons. The lowest BCUT2D eigenvalue weighted by atomic mass is 10.2. The molecule has 1 aromatic rings. The lowest BCUT2D eigenvalue weighted by Gasteiger charge is -2.09. The summed E-state index contributed by atoms with van der Waals surface area (Å²) >= 11 is 0. The van der Waals surface area contributed by atoms with Crippen LogP contribution in [0, 0.1) is 0 Å². The number of nitrogens with one attached hydrogen (secondary N) is 1. The summed E-state index contributed by atoms with van der Waals surface area (Å²) in [6.07, 6.45) is 1.60. The Kier molecular flexibility index (Phi) is 5.64. The molecule has 0 saturated heterocycles. The molecule has 0 aliphatic carbocycles. The Bertz CT molecular complexity index is 449. The first-order chi connectivity index (χ1) is 8.54. The highest BCUT2D eigenvalue weighted by Gasteiger charge is 2.08. The molecule has 1 rings (SSSR count). The predicted octanol–water partition coefficient (Wildman–Crippen LogP) is 0.776. The number of anilines is 1. The van der Waals surface area contributed by atoms with Gasteiger partial charge in [-0.2, -0.15) is 0 Å². The number of amides is 1. The van der Waals surface area contributed by atoms with E-state index in [1.807, 2.05) is 6.92 Å². The highest BCUT2D eigenvalue weighted by Crippen LogP contribution is 2.22. The average molecular weight is 270 g/mol. The van der Waals surface area contributed by atoms with Gasteiger partial charge in [-0.05, 0) is 25.1 Å². The molecule has 0 radical (unpaired) electrons. The largest absolute Gasteiger partial charge is 0.492 e. The van der Waals surface area contributed by atoms with Gasteiger partial charge in [0.15, 0.2) is 0 Å². The molecule has 6 heteroatoms. The summed E-state index contributed by atoms with van der Waals surface area (Å²) in [4.78, 5) is 11.7. The number of carbonyl (C=O) groups is 1. The standard InChI is InChI=1S/C12H18N2O3S/c1-3-17-11-5-4-9(8-10(11)13)12(15)14-6-7-18(2)16/h4-5,8H,3,6-7,13H2,1-2H3,(H,14,15). The van der Waals surface area contributed by atoms with E-state index in [0.29, 0.717) is 35.9 Å². The Balaban J connectivity index is 2.63. The minimum atomic E-state index is -0.909. The molecule has 18 heavy (non-hydrogen) atoms. The fourth-order valence-corrected chi connectivity index (χ4v) is 1.78. The molecule has 1 amide bonds. The summed E-state index contributed by atoms with van der Waals surface area (Å²) in [6.45, 7) is 2.78. The van der Waals surface area contributed by atoms with Crippen molar-refractivity contribution < 1.29 is 13.7 Å². The fourth-order valence-electron chi connectivity index (χ4n) is 1.39. The van der Waals surface area contributed by atoms with Gasteiger partial charge in [-0.25, -0.2) is 0 Å². The van der Waals surface area contributed by atoms with E-state index in [4.69, 9.17) is 10.5 Å². The number of carbonyl (C=O) groups excluding carboxylic acids is 1. The van der Waals surface area contributed by atoms with E-state index in [1.165, 1.54) is 0 Å². The van der Waals surface area contributed by atoms with Crippen LogP contribution in [0.5, 0.6) is 5.75 Å². The van der Waals surface area contributed by atoms with E-state index in [0.717, 1.165) is 0 Å². The van der Waals surface area contributed by atoms with Crippen LogP contribution in [0.3, 0.4) is 0 Å². The van der Waals surface area contributed by atoms with Gasteiger partial charge >= 0.3 is 0 Å². The maximum absolute atomic E-state index is 11.7. The molecule has 0 heterocycles. The van der Waals surface area contributed by atoms with Crippen LogP contribution in [0.1, 0.15) is 17.3 Å². The topological polar surface area (TPSA) is 81.4 Å². The number of nitrogen functional groups attached to an aromatic ring is 1. The predicted molar refractivity (Wildman–Crippen MR) is 73.3 cm³/mol. The summed E-state index contributed by atoms with van der Waals surface area (Å²) in [6, 6.07) is 4.90. The monoisotopic (exact) mass is 270 g/mol. The van der Waals surface area contributed by atoms with Crippen LogP contribution < -0.4 is 15.8 Å². The van der Waals surface area contributed by atoms with Crippen molar-refractivity contribution in [1.82, 2.24) is 5.32 Å². The van der Waals surface area contributed by atoms with Gasteiger partial charge in [-0.1, -0.05) is 0 Å². The molecule has 1 unspecified atom stereocenters. The second-order valence-corrected chi connectivity index (χ2v) is 5.27. The number of nitrogens with two attached hydrogens (primary N) is 1. The van der Waals surface area contributed by atoms with Crippen LogP contribution in [0.15, 0.2) is 18.2 Å². The van der Waals surface area contributed by atoms with Crippen molar-refractivity contribution in [2.45, 2.75) is 6.92 Å². The number of rotatable bonds is 6. The van der Waals surface area contributed by atoms with Crippen LogP contribution in [0.2, 0.25) is 0 Å². The Labute approximate surface area is 109 Å². The van der Waals surface area contributed by atoms with Crippen molar-refractivity contribution >= 4 is 22.4 Å². The minimum Gasteiger partial charge on any atom is -0.492 e. The number of benzene rings is 1. The van der Waals surface area contributed by atoms with E-state index in [-0.39, 0.29) is 5.91 Å². The molecule has 0 aromatic heterocycles. The molecule has 0 aliphatic rings. The van der Waals surface area contributed by atoms with Crippen molar-refractivity contribution in [3.8, 4) is 5.75 Å². The summed E-state index contributed by atoms with van der Waals surface area (Å²) in [5.74, 6) is 0.789.